The maximum absolute atomic E-state index is 13.4. The summed E-state index contributed by atoms with van der Waals surface area (Å²) in [4.78, 5) is 25.5. The fraction of sp³-hybridized carbons (Fsp3) is 0.0800. The molecule has 0 radical (unpaired) electrons. The Morgan fingerprint density at radius 1 is 0.939 bits per heavy atom. The maximum atomic E-state index is 13.4. The first-order chi connectivity index (χ1) is 15.9. The monoisotopic (exact) mass is 462 g/mol. The second-order valence-electron chi connectivity index (χ2n) is 7.16. The highest BCUT2D eigenvalue weighted by Gasteiger charge is 2.30. The molecule has 4 rings (SSSR count). The van der Waals surface area contributed by atoms with Gasteiger partial charge in [0.05, 0.1) is 24.8 Å². The molecule has 8 heteroatoms. The number of carbonyl (C=O) groups is 1. The first kappa shape index (κ1) is 22.1. The molecule has 0 N–H and O–H groups in total. The lowest BCUT2D eigenvalue weighted by Crippen LogP contribution is -2.24. The maximum Gasteiger partial charge on any atom is 0.269 e. The third-order valence-electron chi connectivity index (χ3n) is 5.17. The van der Waals surface area contributed by atoms with Crippen molar-refractivity contribution in [1.82, 2.24) is 0 Å². The number of benzene rings is 3. The number of nitro groups is 1. The smallest absolute Gasteiger partial charge is 0.269 e. The SMILES string of the molecule is COc1ccc(/C=C2\C=C(c3ccc(Cl)cc3)N(c3ccc([N+](=O)[O-])cc3)C2=O)cc1OC. The Hall–Kier alpha value is -4.10. The molecule has 1 heterocycles. The lowest BCUT2D eigenvalue weighted by atomic mass is 10.1. The second kappa shape index (κ2) is 9.18. The van der Waals surface area contributed by atoms with E-state index in [1.54, 1.807) is 62.8 Å². The van der Waals surface area contributed by atoms with Gasteiger partial charge in [0.2, 0.25) is 0 Å². The van der Waals surface area contributed by atoms with Gasteiger partial charge in [-0.1, -0.05) is 29.8 Å². The van der Waals surface area contributed by atoms with Crippen molar-refractivity contribution in [3.63, 3.8) is 0 Å². The quantitative estimate of drug-likeness (QED) is 0.265. The van der Waals surface area contributed by atoms with Crippen LogP contribution in [0.2, 0.25) is 5.02 Å². The Morgan fingerprint density at radius 2 is 1.61 bits per heavy atom. The number of amides is 1. The molecule has 1 aliphatic rings. The average Bonchev–Trinajstić information content (AvgIpc) is 3.15. The van der Waals surface area contributed by atoms with Crippen molar-refractivity contribution in [2.24, 2.45) is 0 Å². The van der Waals surface area contributed by atoms with Gasteiger partial charge in [0.1, 0.15) is 0 Å². The van der Waals surface area contributed by atoms with Crippen LogP contribution in [0.1, 0.15) is 11.1 Å². The molecule has 0 aliphatic carbocycles. The van der Waals surface area contributed by atoms with Crippen LogP contribution < -0.4 is 14.4 Å². The molecule has 3 aromatic rings. The van der Waals surface area contributed by atoms with Crippen LogP contribution in [0.15, 0.2) is 78.4 Å². The summed E-state index contributed by atoms with van der Waals surface area (Å²) in [6.07, 6.45) is 3.54. The Bertz CT molecular complexity index is 1280. The van der Waals surface area contributed by atoms with Crippen LogP contribution >= 0.6 is 11.6 Å². The molecule has 0 atom stereocenters. The summed E-state index contributed by atoms with van der Waals surface area (Å²) < 4.78 is 10.6. The summed E-state index contributed by atoms with van der Waals surface area (Å²) in [5.41, 5.74) is 3.09. The molecule has 0 bridgehead atoms. The van der Waals surface area contributed by atoms with Crippen molar-refractivity contribution in [3.05, 3.63) is 105 Å². The van der Waals surface area contributed by atoms with E-state index in [2.05, 4.69) is 0 Å². The minimum atomic E-state index is -0.478. The number of rotatable bonds is 6. The van der Waals surface area contributed by atoms with E-state index in [4.69, 9.17) is 21.1 Å². The largest absolute Gasteiger partial charge is 0.493 e. The molecule has 1 amide bonds. The molecule has 0 fully saturated rings. The van der Waals surface area contributed by atoms with Gasteiger partial charge < -0.3 is 9.47 Å². The van der Waals surface area contributed by atoms with Crippen LogP contribution in [0.3, 0.4) is 0 Å². The number of anilines is 1. The molecule has 0 saturated heterocycles. The van der Waals surface area contributed by atoms with Crippen LogP contribution in [-0.4, -0.2) is 25.1 Å². The van der Waals surface area contributed by atoms with Crippen LogP contribution in [0.25, 0.3) is 11.8 Å². The summed E-state index contributed by atoms with van der Waals surface area (Å²) >= 11 is 6.04. The molecule has 0 spiro atoms. The van der Waals surface area contributed by atoms with Crippen molar-refractivity contribution in [1.29, 1.82) is 0 Å². The Labute approximate surface area is 195 Å². The van der Waals surface area contributed by atoms with Gasteiger partial charge in [-0.2, -0.15) is 0 Å². The van der Waals surface area contributed by atoms with E-state index >= 15 is 0 Å². The van der Waals surface area contributed by atoms with E-state index < -0.39 is 4.92 Å². The molecule has 33 heavy (non-hydrogen) atoms. The summed E-state index contributed by atoms with van der Waals surface area (Å²) in [6, 6.07) is 18.4. The van der Waals surface area contributed by atoms with Gasteiger partial charge in [-0.05, 0) is 59.7 Å². The molecule has 7 nitrogen and oxygen atoms in total. The fourth-order valence-electron chi connectivity index (χ4n) is 3.55. The van der Waals surface area contributed by atoms with E-state index in [1.165, 1.54) is 17.0 Å². The summed E-state index contributed by atoms with van der Waals surface area (Å²) in [5.74, 6) is 0.873. The van der Waals surface area contributed by atoms with Gasteiger partial charge in [0, 0.05) is 28.4 Å². The van der Waals surface area contributed by atoms with Crippen molar-refractivity contribution in [3.8, 4) is 11.5 Å². The number of nitrogens with zero attached hydrogens (tertiary/aromatic N) is 2. The Morgan fingerprint density at radius 3 is 2.21 bits per heavy atom. The number of methoxy groups -OCH3 is 2. The highest BCUT2D eigenvalue weighted by molar-refractivity contribution is 6.30. The first-order valence-corrected chi connectivity index (χ1v) is 10.3. The molecule has 0 saturated carbocycles. The number of halogens is 1. The topological polar surface area (TPSA) is 81.9 Å². The summed E-state index contributed by atoms with van der Waals surface area (Å²) in [6.45, 7) is 0. The van der Waals surface area contributed by atoms with Crippen LogP contribution in [0, 0.1) is 10.1 Å². The summed E-state index contributed by atoms with van der Waals surface area (Å²) in [5, 5.41) is 11.6. The van der Waals surface area contributed by atoms with Gasteiger partial charge in [0.15, 0.2) is 11.5 Å². The number of nitro benzene ring substituents is 1. The van der Waals surface area contributed by atoms with Gasteiger partial charge in [-0.3, -0.25) is 19.8 Å². The number of hydrogen-bond acceptors (Lipinski definition) is 5. The van der Waals surface area contributed by atoms with Crippen molar-refractivity contribution < 1.29 is 19.2 Å². The lowest BCUT2D eigenvalue weighted by Gasteiger charge is -2.20. The summed E-state index contributed by atoms with van der Waals surface area (Å²) in [7, 11) is 3.10. The lowest BCUT2D eigenvalue weighted by molar-refractivity contribution is -0.384. The zero-order valence-electron chi connectivity index (χ0n) is 17.8. The second-order valence-corrected chi connectivity index (χ2v) is 7.60. The Balaban J connectivity index is 1.79. The average molecular weight is 463 g/mol. The third kappa shape index (κ3) is 4.44. The van der Waals surface area contributed by atoms with Gasteiger partial charge in [0.25, 0.3) is 11.6 Å². The van der Waals surface area contributed by atoms with Crippen molar-refractivity contribution in [2.75, 3.05) is 19.1 Å². The highest BCUT2D eigenvalue weighted by Crippen LogP contribution is 2.37. The molecule has 166 valence electrons. The number of hydrogen-bond donors (Lipinski definition) is 0. The normalized spacial score (nSPS) is 14.4. The zero-order chi connectivity index (χ0) is 23.5. The number of ether oxygens (including phenoxy) is 2. The number of non-ortho nitro benzene ring substituents is 1. The van der Waals surface area contributed by atoms with Gasteiger partial charge >= 0.3 is 0 Å². The first-order valence-electron chi connectivity index (χ1n) is 9.91. The molecular weight excluding hydrogens is 444 g/mol. The van der Waals surface area contributed by atoms with Crippen molar-refractivity contribution in [2.45, 2.75) is 0 Å². The van der Waals surface area contributed by atoms with E-state index in [0.29, 0.717) is 33.5 Å². The number of carbonyl (C=O) groups excluding carboxylic acids is 1. The molecular formula is C25H19ClN2O5. The molecule has 3 aromatic carbocycles. The fourth-order valence-corrected chi connectivity index (χ4v) is 3.68. The minimum absolute atomic E-state index is 0.0523. The van der Waals surface area contributed by atoms with Crippen LogP contribution in [0.5, 0.6) is 11.5 Å². The standard InChI is InChI=1S/C25H19ClN2O5/c1-32-23-12-3-16(14-24(23)33-2)13-18-15-22(17-4-6-19(26)7-5-17)27(25(18)29)20-8-10-21(11-9-20)28(30)31/h3-15H,1-2H3/b18-13+. The Kier molecular flexibility index (Phi) is 6.15. The van der Waals surface area contributed by atoms with Crippen LogP contribution in [0.4, 0.5) is 11.4 Å². The molecule has 1 aliphatic heterocycles. The zero-order valence-corrected chi connectivity index (χ0v) is 18.6. The van der Waals surface area contributed by atoms with Gasteiger partial charge in [-0.25, -0.2) is 0 Å². The van der Waals surface area contributed by atoms with E-state index in [1.807, 2.05) is 18.2 Å². The minimum Gasteiger partial charge on any atom is -0.493 e. The predicted molar refractivity (Wildman–Crippen MR) is 128 cm³/mol. The predicted octanol–water partition coefficient (Wildman–Crippen LogP) is 5.74. The third-order valence-corrected chi connectivity index (χ3v) is 5.42. The van der Waals surface area contributed by atoms with Gasteiger partial charge in [-0.15, -0.1) is 0 Å². The van der Waals surface area contributed by atoms with Crippen LogP contribution in [-0.2, 0) is 4.79 Å². The van der Waals surface area contributed by atoms with Crippen molar-refractivity contribution >= 4 is 40.7 Å². The van der Waals surface area contributed by atoms with E-state index in [-0.39, 0.29) is 11.6 Å². The van der Waals surface area contributed by atoms with E-state index in [0.717, 1.165) is 11.1 Å². The molecule has 0 aromatic heterocycles. The van der Waals surface area contributed by atoms with E-state index in [9.17, 15) is 14.9 Å². The molecule has 0 unspecified atom stereocenters. The highest BCUT2D eigenvalue weighted by atomic mass is 35.5.